The summed E-state index contributed by atoms with van der Waals surface area (Å²) in [5.74, 6) is 2.90. The van der Waals surface area contributed by atoms with E-state index in [1.165, 1.54) is 24.7 Å². The molecule has 8 heteroatoms. The Morgan fingerprint density at radius 3 is 2.60 bits per heavy atom. The molecule has 1 saturated heterocycles. The molecule has 5 rings (SSSR count). The lowest BCUT2D eigenvalue weighted by Crippen LogP contribution is -2.15. The van der Waals surface area contributed by atoms with Gasteiger partial charge in [0.25, 0.3) is 0 Å². The van der Waals surface area contributed by atoms with E-state index in [1.807, 2.05) is 11.6 Å². The normalized spacial score (nSPS) is 17.5. The Morgan fingerprint density at radius 2 is 2.00 bits per heavy atom. The smallest absolute Gasteiger partial charge is 0.209 e. The summed E-state index contributed by atoms with van der Waals surface area (Å²) < 4.78 is 16.7. The van der Waals surface area contributed by atoms with Gasteiger partial charge in [-0.2, -0.15) is 0 Å². The maximum absolute atomic E-state index is 14.8. The molecule has 0 radical (unpaired) electrons. The number of allylic oxidation sites excluding steroid dienone is 2. The van der Waals surface area contributed by atoms with Crippen LogP contribution in [0, 0.1) is 31.0 Å². The number of pyridine rings is 1. The molecule has 1 atom stereocenters. The summed E-state index contributed by atoms with van der Waals surface area (Å²) in [5.41, 5.74) is 11.2. The number of carbonyl (C=O) groups excluding carboxylic acids is 1. The van der Waals surface area contributed by atoms with Crippen LogP contribution >= 0.6 is 0 Å². The molecule has 1 amide bonds. The van der Waals surface area contributed by atoms with Gasteiger partial charge in [-0.25, -0.2) is 19.3 Å². The van der Waals surface area contributed by atoms with Crippen molar-refractivity contribution in [3.63, 3.8) is 0 Å². The molecule has 3 aromatic rings. The summed E-state index contributed by atoms with van der Waals surface area (Å²) in [7, 11) is 1.91. The summed E-state index contributed by atoms with van der Waals surface area (Å²) in [4.78, 5) is 24.5. The summed E-state index contributed by atoms with van der Waals surface area (Å²) in [6.07, 6.45) is 17.1. The third-order valence-corrected chi connectivity index (χ3v) is 6.94. The second-order valence-corrected chi connectivity index (χ2v) is 9.30. The van der Waals surface area contributed by atoms with Crippen LogP contribution < -0.4 is 5.73 Å². The van der Waals surface area contributed by atoms with Gasteiger partial charge in [-0.3, -0.25) is 4.79 Å². The molecule has 1 aliphatic heterocycles. The molecule has 1 aliphatic carbocycles. The lowest BCUT2D eigenvalue weighted by Gasteiger charge is -2.20. The zero-order valence-corrected chi connectivity index (χ0v) is 20.5. The third kappa shape index (κ3) is 4.63. The molecule has 2 aliphatic rings. The summed E-state index contributed by atoms with van der Waals surface area (Å²) >= 11 is 0. The monoisotopic (exact) mass is 474 g/mol. The van der Waals surface area contributed by atoms with E-state index in [1.54, 1.807) is 18.0 Å². The average molecular weight is 475 g/mol. The number of rotatable bonds is 3. The van der Waals surface area contributed by atoms with Crippen LogP contribution in [0.3, 0.4) is 0 Å². The fraction of sp³-hybridized carbons (Fsp3) is 0.407. The number of hydrogen-bond acceptors (Lipinski definition) is 5. The van der Waals surface area contributed by atoms with Crippen molar-refractivity contribution in [3.05, 3.63) is 41.2 Å². The van der Waals surface area contributed by atoms with Crippen LogP contribution in [0.25, 0.3) is 27.9 Å². The fourth-order valence-corrected chi connectivity index (χ4v) is 4.86. The number of hydrogen-bond donors (Lipinski definition) is 1. The number of nitrogens with zero attached hydrogens (tertiary/aromatic N) is 5. The molecular formula is C27H31FN6O. The van der Waals surface area contributed by atoms with Crippen LogP contribution in [0.2, 0.25) is 0 Å². The summed E-state index contributed by atoms with van der Waals surface area (Å²) in [6, 6.07) is 0. The average Bonchev–Trinajstić information content (AvgIpc) is 3.49. The Balaban J connectivity index is 0.000000356. The number of aromatic nitrogens is 4. The van der Waals surface area contributed by atoms with Crippen molar-refractivity contribution in [2.24, 2.45) is 13.0 Å². The van der Waals surface area contributed by atoms with E-state index < -0.39 is 5.82 Å². The largest absolute Gasteiger partial charge is 0.383 e. The second-order valence-electron chi connectivity index (χ2n) is 9.30. The highest BCUT2D eigenvalue weighted by Crippen LogP contribution is 2.43. The van der Waals surface area contributed by atoms with Gasteiger partial charge in [0.05, 0.1) is 11.1 Å². The summed E-state index contributed by atoms with van der Waals surface area (Å²) in [5, 5.41) is 0.807. The molecule has 182 valence electrons. The Bertz CT molecular complexity index is 1330. The number of terminal acetylenes is 1. The zero-order valence-electron chi connectivity index (χ0n) is 20.5. The van der Waals surface area contributed by atoms with Crippen LogP contribution in [-0.4, -0.2) is 43.9 Å². The minimum absolute atomic E-state index is 0.0200. The number of aryl methyl sites for hydroxylation is 1. The van der Waals surface area contributed by atoms with Gasteiger partial charge in [-0.05, 0) is 62.0 Å². The number of fused-ring (bicyclic) bond motifs is 1. The first kappa shape index (κ1) is 24.4. The topological polar surface area (TPSA) is 89.9 Å². The van der Waals surface area contributed by atoms with Crippen LogP contribution in [0.4, 0.5) is 10.2 Å². The van der Waals surface area contributed by atoms with Crippen LogP contribution in [-0.2, 0) is 11.8 Å². The van der Waals surface area contributed by atoms with Gasteiger partial charge in [0.2, 0.25) is 6.41 Å². The van der Waals surface area contributed by atoms with Crippen molar-refractivity contribution in [2.45, 2.75) is 46.0 Å². The van der Waals surface area contributed by atoms with Gasteiger partial charge >= 0.3 is 0 Å². The minimum Gasteiger partial charge on any atom is -0.383 e. The molecule has 35 heavy (non-hydrogen) atoms. The molecule has 0 unspecified atom stereocenters. The Morgan fingerprint density at radius 1 is 1.26 bits per heavy atom. The molecule has 0 saturated carbocycles. The van der Waals surface area contributed by atoms with Gasteiger partial charge in [0.15, 0.2) is 5.82 Å². The predicted molar refractivity (Wildman–Crippen MR) is 137 cm³/mol. The zero-order chi connectivity index (χ0) is 25.1. The number of carbonyl (C=O) groups is 1. The number of anilines is 1. The number of amides is 1. The third-order valence-electron chi connectivity index (χ3n) is 6.94. The highest BCUT2D eigenvalue weighted by Gasteiger charge is 2.26. The Kier molecular flexibility index (Phi) is 7.15. The molecule has 2 N–H and O–H groups in total. The molecule has 0 spiro atoms. The van der Waals surface area contributed by atoms with Gasteiger partial charge in [-0.15, -0.1) is 6.42 Å². The first-order chi connectivity index (χ1) is 16.9. The Labute approximate surface area is 205 Å². The number of nitrogens with two attached hydrogens (primary N) is 1. The van der Waals surface area contributed by atoms with E-state index in [4.69, 9.17) is 12.2 Å². The van der Waals surface area contributed by atoms with Crippen LogP contribution in [0.5, 0.6) is 0 Å². The SMILES string of the molecule is C#Cc1ncc(-c2c(C3=CC[C@@H](C)CC3)c3c(N)ncnc3n2C)c(C)c1F.O=CN1CCCC1. The van der Waals surface area contributed by atoms with Gasteiger partial charge in [0.1, 0.15) is 23.5 Å². The summed E-state index contributed by atoms with van der Waals surface area (Å²) in [6.45, 7) is 5.92. The van der Waals surface area contributed by atoms with Crippen LogP contribution in [0.1, 0.15) is 55.8 Å². The van der Waals surface area contributed by atoms with E-state index in [-0.39, 0.29) is 5.69 Å². The lowest BCUT2D eigenvalue weighted by atomic mass is 9.85. The number of halogens is 1. The van der Waals surface area contributed by atoms with Gasteiger partial charge in [0, 0.05) is 37.5 Å². The van der Waals surface area contributed by atoms with Crippen LogP contribution in [0.15, 0.2) is 18.6 Å². The van der Waals surface area contributed by atoms with Crippen molar-refractivity contribution in [3.8, 4) is 23.6 Å². The van der Waals surface area contributed by atoms with Crippen molar-refractivity contribution in [1.82, 2.24) is 24.4 Å². The quantitative estimate of drug-likeness (QED) is 0.446. The van der Waals surface area contributed by atoms with Crippen molar-refractivity contribution >= 4 is 28.8 Å². The maximum atomic E-state index is 14.8. The fourth-order valence-electron chi connectivity index (χ4n) is 4.86. The molecule has 4 heterocycles. The van der Waals surface area contributed by atoms with Gasteiger partial charge < -0.3 is 15.2 Å². The maximum Gasteiger partial charge on any atom is 0.209 e. The van der Waals surface area contributed by atoms with Crippen molar-refractivity contribution < 1.29 is 9.18 Å². The number of nitrogen functional groups attached to an aromatic ring is 1. The first-order valence-electron chi connectivity index (χ1n) is 12.0. The first-order valence-corrected chi connectivity index (χ1v) is 12.0. The predicted octanol–water partition coefficient (Wildman–Crippen LogP) is 4.48. The molecule has 0 aromatic carbocycles. The Hall–Kier alpha value is -3.73. The van der Waals surface area contributed by atoms with Crippen molar-refractivity contribution in [2.75, 3.05) is 18.8 Å². The van der Waals surface area contributed by atoms with E-state index in [9.17, 15) is 9.18 Å². The molecule has 3 aromatic heterocycles. The van der Waals surface area contributed by atoms with E-state index in [0.29, 0.717) is 22.9 Å². The number of likely N-dealkylation sites (tertiary alicyclic amines) is 1. The lowest BCUT2D eigenvalue weighted by molar-refractivity contribution is -0.117. The van der Waals surface area contributed by atoms with E-state index >= 15 is 0 Å². The van der Waals surface area contributed by atoms with E-state index in [0.717, 1.165) is 61.1 Å². The molecule has 1 fully saturated rings. The highest BCUT2D eigenvalue weighted by molar-refractivity contribution is 6.04. The molecular weight excluding hydrogens is 443 g/mol. The van der Waals surface area contributed by atoms with Gasteiger partial charge in [-0.1, -0.05) is 13.0 Å². The molecule has 7 nitrogen and oxygen atoms in total. The van der Waals surface area contributed by atoms with E-state index in [2.05, 4.69) is 33.9 Å². The minimum atomic E-state index is -0.471. The highest BCUT2D eigenvalue weighted by atomic mass is 19.1. The molecule has 0 bridgehead atoms. The second kappa shape index (κ2) is 10.3. The van der Waals surface area contributed by atoms with Crippen molar-refractivity contribution in [1.29, 1.82) is 0 Å². The standard InChI is InChI=1S/C22H22FN5.C5H9NO/c1-5-16-19(23)13(3)15(10-25-16)20-17(14-8-6-12(2)7-9-14)18-21(24)26-11-27-22(18)28(20)4;7-5-6-3-1-2-4-6/h1,8,10-12H,6-7,9H2,2-4H3,(H2,24,26,27);5H,1-4H2/t12-;/m1./s1.